The minimum Gasteiger partial charge on any atom is -0.480 e. The van der Waals surface area contributed by atoms with E-state index in [0.717, 1.165) is 25.7 Å². The van der Waals surface area contributed by atoms with Gasteiger partial charge in [0.2, 0.25) is 5.82 Å². The summed E-state index contributed by atoms with van der Waals surface area (Å²) in [5, 5.41) is 13.9. The lowest BCUT2D eigenvalue weighted by Gasteiger charge is -2.32. The number of rotatable bonds is 4. The van der Waals surface area contributed by atoms with Crippen molar-refractivity contribution in [2.24, 2.45) is 5.92 Å². The van der Waals surface area contributed by atoms with Crippen LogP contribution in [0.4, 0.5) is 4.39 Å². The Bertz CT molecular complexity index is 913. The number of nitrogens with zero attached hydrogens (tertiary/aromatic N) is 4. The van der Waals surface area contributed by atoms with E-state index >= 15 is 0 Å². The summed E-state index contributed by atoms with van der Waals surface area (Å²) in [6.07, 6.45) is 4.72. The highest BCUT2D eigenvalue weighted by atomic mass is 19.1. The van der Waals surface area contributed by atoms with Gasteiger partial charge in [0, 0.05) is 12.5 Å². The van der Waals surface area contributed by atoms with E-state index in [1.165, 1.54) is 15.6 Å². The molecule has 0 radical (unpaired) electrons. The van der Waals surface area contributed by atoms with Crippen molar-refractivity contribution >= 4 is 11.9 Å². The predicted molar refractivity (Wildman–Crippen MR) is 98.7 cm³/mol. The normalized spacial score (nSPS) is 24.2. The summed E-state index contributed by atoms with van der Waals surface area (Å²) in [5.74, 6) is -1.34. The highest BCUT2D eigenvalue weighted by Crippen LogP contribution is 2.40. The van der Waals surface area contributed by atoms with Gasteiger partial charge in [-0.2, -0.15) is 0 Å². The molecule has 1 saturated carbocycles. The second kappa shape index (κ2) is 7.33. The van der Waals surface area contributed by atoms with Gasteiger partial charge in [-0.25, -0.2) is 18.9 Å². The number of carbonyl (C=O) groups is 2. The first-order valence-electron chi connectivity index (χ1n) is 9.77. The van der Waals surface area contributed by atoms with Crippen LogP contribution in [0.1, 0.15) is 55.5 Å². The molecule has 2 heterocycles. The van der Waals surface area contributed by atoms with Crippen LogP contribution in [0.5, 0.6) is 0 Å². The molecule has 3 atom stereocenters. The van der Waals surface area contributed by atoms with Crippen molar-refractivity contribution in [3.05, 3.63) is 41.7 Å². The maximum Gasteiger partial charge on any atom is 0.326 e. The van der Waals surface area contributed by atoms with Gasteiger partial charge in [-0.05, 0) is 37.3 Å². The number of carboxylic acids is 1. The van der Waals surface area contributed by atoms with E-state index in [9.17, 15) is 19.1 Å². The zero-order valence-electron chi connectivity index (χ0n) is 15.7. The number of fused-ring (bicyclic) bond motifs is 1. The predicted octanol–water partition coefficient (Wildman–Crippen LogP) is 2.83. The molecule has 8 heteroatoms. The topological polar surface area (TPSA) is 88.3 Å². The monoisotopic (exact) mass is 386 g/mol. The third-order valence-corrected chi connectivity index (χ3v) is 5.87. The molecule has 2 fully saturated rings. The highest BCUT2D eigenvalue weighted by Gasteiger charge is 2.48. The largest absolute Gasteiger partial charge is 0.480 e. The summed E-state index contributed by atoms with van der Waals surface area (Å²) in [6.45, 7) is 1.85. The highest BCUT2D eigenvalue weighted by molar-refractivity contribution is 5.94. The number of aliphatic carboxylic acids is 1. The van der Waals surface area contributed by atoms with Crippen LogP contribution in [0.25, 0.3) is 5.69 Å². The molecule has 28 heavy (non-hydrogen) atoms. The molecule has 1 aliphatic heterocycles. The van der Waals surface area contributed by atoms with E-state index in [1.807, 2.05) is 6.92 Å². The number of carboxylic acid groups (broad SMARTS) is 1. The Morgan fingerprint density at radius 1 is 1.25 bits per heavy atom. The van der Waals surface area contributed by atoms with Gasteiger partial charge in [-0.1, -0.05) is 31.9 Å². The van der Waals surface area contributed by atoms with Crippen molar-refractivity contribution < 1.29 is 19.1 Å². The van der Waals surface area contributed by atoms with Gasteiger partial charge in [0.05, 0.1) is 0 Å². The Morgan fingerprint density at radius 2 is 2.00 bits per heavy atom. The lowest BCUT2D eigenvalue weighted by Crippen LogP contribution is -2.46. The third-order valence-electron chi connectivity index (χ3n) is 5.87. The first-order chi connectivity index (χ1) is 13.5. The Hall–Kier alpha value is -2.77. The number of hydrogen-bond donors (Lipinski definition) is 1. The Labute approximate surface area is 162 Å². The Morgan fingerprint density at radius 3 is 2.71 bits per heavy atom. The van der Waals surface area contributed by atoms with Gasteiger partial charge >= 0.3 is 5.97 Å². The van der Waals surface area contributed by atoms with Crippen LogP contribution < -0.4 is 0 Å². The number of amides is 1. The van der Waals surface area contributed by atoms with Crippen molar-refractivity contribution in [1.29, 1.82) is 0 Å². The van der Waals surface area contributed by atoms with Crippen LogP contribution >= 0.6 is 0 Å². The van der Waals surface area contributed by atoms with Crippen LogP contribution in [0, 0.1) is 11.7 Å². The summed E-state index contributed by atoms with van der Waals surface area (Å²) in [6, 6.07) is 5.22. The molecule has 7 nitrogen and oxygen atoms in total. The SMILES string of the molecule is CCc1nc(C(=O)N2C(C(=O)O)CC3CCCCC32)nn1-c1ccccc1F. The van der Waals surface area contributed by atoms with Gasteiger partial charge < -0.3 is 10.0 Å². The summed E-state index contributed by atoms with van der Waals surface area (Å²) in [7, 11) is 0. The Balaban J connectivity index is 1.71. The molecule has 2 aliphatic rings. The fourth-order valence-corrected chi connectivity index (χ4v) is 4.57. The smallest absolute Gasteiger partial charge is 0.326 e. The van der Waals surface area contributed by atoms with Gasteiger partial charge in [0.25, 0.3) is 5.91 Å². The fourth-order valence-electron chi connectivity index (χ4n) is 4.57. The summed E-state index contributed by atoms with van der Waals surface area (Å²) in [4.78, 5) is 30.8. The van der Waals surface area contributed by atoms with Crippen molar-refractivity contribution in [2.45, 2.75) is 57.5 Å². The molecular weight excluding hydrogens is 363 g/mol. The molecule has 1 aromatic carbocycles. The molecule has 1 aromatic heterocycles. The van der Waals surface area contributed by atoms with Crippen LogP contribution in [-0.2, 0) is 11.2 Å². The van der Waals surface area contributed by atoms with Gasteiger partial charge in [0.1, 0.15) is 23.4 Å². The molecule has 0 bridgehead atoms. The molecule has 1 aliphatic carbocycles. The van der Waals surface area contributed by atoms with Gasteiger partial charge in [0.15, 0.2) is 0 Å². The van der Waals surface area contributed by atoms with Crippen LogP contribution in [0.2, 0.25) is 0 Å². The number of carbonyl (C=O) groups excluding carboxylic acids is 1. The van der Waals surface area contributed by atoms with E-state index in [4.69, 9.17) is 0 Å². The summed E-state index contributed by atoms with van der Waals surface area (Å²) < 4.78 is 15.6. The van der Waals surface area contributed by atoms with E-state index in [0.29, 0.717) is 18.7 Å². The van der Waals surface area contributed by atoms with Gasteiger partial charge in [-0.3, -0.25) is 4.79 Å². The third kappa shape index (κ3) is 3.06. The minimum absolute atomic E-state index is 0.0717. The lowest BCUT2D eigenvalue weighted by atomic mass is 9.85. The molecule has 2 aromatic rings. The van der Waals surface area contributed by atoms with Crippen LogP contribution in [0.15, 0.2) is 24.3 Å². The van der Waals surface area contributed by atoms with E-state index in [1.54, 1.807) is 18.2 Å². The minimum atomic E-state index is -0.994. The van der Waals surface area contributed by atoms with Gasteiger partial charge in [-0.15, -0.1) is 5.10 Å². The van der Waals surface area contributed by atoms with E-state index in [-0.39, 0.29) is 23.5 Å². The second-order valence-corrected chi connectivity index (χ2v) is 7.48. The first-order valence-corrected chi connectivity index (χ1v) is 9.77. The number of halogens is 1. The average molecular weight is 386 g/mol. The maximum atomic E-state index is 14.2. The molecule has 1 amide bonds. The van der Waals surface area contributed by atoms with Crippen molar-refractivity contribution in [3.8, 4) is 5.69 Å². The number of hydrogen-bond acceptors (Lipinski definition) is 4. The molecule has 4 rings (SSSR count). The van der Waals surface area contributed by atoms with E-state index in [2.05, 4.69) is 10.1 Å². The average Bonchev–Trinajstić information content (AvgIpc) is 3.29. The van der Waals surface area contributed by atoms with Crippen LogP contribution in [0.3, 0.4) is 0 Å². The van der Waals surface area contributed by atoms with Crippen molar-refractivity contribution in [3.63, 3.8) is 0 Å². The second-order valence-electron chi connectivity index (χ2n) is 7.48. The number of benzene rings is 1. The first kappa shape index (κ1) is 18.6. The van der Waals surface area contributed by atoms with Crippen LogP contribution in [-0.4, -0.2) is 48.7 Å². The van der Waals surface area contributed by atoms with Crippen molar-refractivity contribution in [1.82, 2.24) is 19.7 Å². The number of para-hydroxylation sites is 1. The molecular formula is C20H23FN4O3. The standard InChI is InChI=1S/C20H23FN4O3/c1-2-17-22-18(23-25(17)15-10-6-4-8-13(15)21)19(26)24-14-9-5-3-7-12(14)11-16(24)20(27)28/h4,6,8,10,12,14,16H,2-3,5,7,9,11H2,1H3,(H,27,28). The van der Waals surface area contributed by atoms with E-state index < -0.39 is 23.7 Å². The van der Waals surface area contributed by atoms with Crippen molar-refractivity contribution in [2.75, 3.05) is 0 Å². The summed E-state index contributed by atoms with van der Waals surface area (Å²) in [5.41, 5.74) is 0.220. The molecule has 3 unspecified atom stereocenters. The number of likely N-dealkylation sites (tertiary alicyclic amines) is 1. The Kier molecular flexibility index (Phi) is 4.87. The summed E-state index contributed by atoms with van der Waals surface area (Å²) >= 11 is 0. The number of aryl methyl sites for hydroxylation is 1. The maximum absolute atomic E-state index is 14.2. The molecule has 0 spiro atoms. The zero-order valence-corrected chi connectivity index (χ0v) is 15.7. The molecule has 1 N–H and O–H groups in total. The molecule has 1 saturated heterocycles. The quantitative estimate of drug-likeness (QED) is 0.873. The lowest BCUT2D eigenvalue weighted by molar-refractivity contribution is -0.141. The number of aromatic nitrogens is 3. The fraction of sp³-hybridized carbons (Fsp3) is 0.500. The zero-order chi connectivity index (χ0) is 19.8. The molecule has 148 valence electrons.